The number of carbonyl (C=O) groups excluding carboxylic acids is 1. The van der Waals surface area contributed by atoms with Gasteiger partial charge in [-0.3, -0.25) is 9.48 Å². The molecule has 0 aliphatic carbocycles. The average molecular weight is 346 g/mol. The second kappa shape index (κ2) is 4.67. The molecular weight excluding hydrogens is 335 g/mol. The van der Waals surface area contributed by atoms with E-state index in [0.717, 1.165) is 19.8 Å². The lowest BCUT2D eigenvalue weighted by atomic mass is 10.1. The van der Waals surface area contributed by atoms with Crippen molar-refractivity contribution < 1.29 is 4.79 Å². The zero-order valence-corrected chi connectivity index (χ0v) is 12.0. The van der Waals surface area contributed by atoms with Crippen molar-refractivity contribution in [2.75, 3.05) is 0 Å². The predicted octanol–water partition coefficient (Wildman–Crippen LogP) is 2.82. The zero-order valence-electron chi connectivity index (χ0n) is 9.03. The van der Waals surface area contributed by atoms with E-state index in [1.165, 1.54) is 0 Å². The molecule has 3 nitrogen and oxygen atoms in total. The van der Waals surface area contributed by atoms with E-state index in [2.05, 4.69) is 27.7 Å². The van der Waals surface area contributed by atoms with Gasteiger partial charge in [-0.05, 0) is 41.6 Å². The summed E-state index contributed by atoms with van der Waals surface area (Å²) < 4.78 is 2.91. The van der Waals surface area contributed by atoms with Crippen LogP contribution in [0.3, 0.4) is 0 Å². The molecule has 0 saturated heterocycles. The summed E-state index contributed by atoms with van der Waals surface area (Å²) in [6.07, 6.45) is 0.421. The molecule has 2 aromatic rings. The van der Waals surface area contributed by atoms with Crippen LogP contribution in [0, 0.1) is 9.81 Å². The molecule has 0 radical (unpaired) electrons. The summed E-state index contributed by atoms with van der Waals surface area (Å²) in [5, 5.41) is 6.14. The Kier molecular flexibility index (Phi) is 3.44. The fourth-order valence-electron chi connectivity index (χ4n) is 1.55. The lowest BCUT2D eigenvalue weighted by molar-refractivity contribution is 0.0991. The van der Waals surface area contributed by atoms with Gasteiger partial charge >= 0.3 is 0 Å². The van der Waals surface area contributed by atoms with Gasteiger partial charge in [-0.15, -0.1) is 11.3 Å². The van der Waals surface area contributed by atoms with Crippen LogP contribution in [-0.2, 0) is 13.5 Å². The Labute approximate surface area is 112 Å². The highest BCUT2D eigenvalue weighted by molar-refractivity contribution is 14.1. The van der Waals surface area contributed by atoms with Gasteiger partial charge in [-0.2, -0.15) is 5.10 Å². The van der Waals surface area contributed by atoms with Crippen molar-refractivity contribution in [2.24, 2.45) is 7.05 Å². The fraction of sp³-hybridized carbons (Fsp3) is 0.273. The van der Waals surface area contributed by atoms with Crippen LogP contribution < -0.4 is 0 Å². The minimum absolute atomic E-state index is 0.155. The van der Waals surface area contributed by atoms with Gasteiger partial charge in [-0.25, -0.2) is 0 Å². The number of halogens is 1. The third kappa shape index (κ3) is 2.52. The van der Waals surface area contributed by atoms with Gasteiger partial charge in [0.05, 0.1) is 15.0 Å². The van der Waals surface area contributed by atoms with Gasteiger partial charge in [0.15, 0.2) is 5.78 Å². The van der Waals surface area contributed by atoms with Crippen molar-refractivity contribution in [2.45, 2.75) is 13.3 Å². The van der Waals surface area contributed by atoms with Gasteiger partial charge in [-0.1, -0.05) is 0 Å². The molecule has 0 aliphatic heterocycles. The Hall–Kier alpha value is -0.690. The van der Waals surface area contributed by atoms with Crippen molar-refractivity contribution in [1.82, 2.24) is 9.78 Å². The highest BCUT2D eigenvalue weighted by atomic mass is 127. The molecule has 16 heavy (non-hydrogen) atoms. The molecule has 5 heteroatoms. The lowest BCUT2D eigenvalue weighted by Gasteiger charge is -1.99. The summed E-state index contributed by atoms with van der Waals surface area (Å²) in [7, 11) is 1.87. The number of carbonyl (C=O) groups is 1. The molecule has 0 amide bonds. The van der Waals surface area contributed by atoms with Crippen LogP contribution in [0.15, 0.2) is 17.5 Å². The van der Waals surface area contributed by atoms with E-state index >= 15 is 0 Å². The van der Waals surface area contributed by atoms with Crippen molar-refractivity contribution in [3.8, 4) is 0 Å². The van der Waals surface area contributed by atoms with Crippen LogP contribution in [0.4, 0.5) is 0 Å². The third-order valence-corrected chi connectivity index (χ3v) is 4.12. The SMILES string of the molecule is Cc1cc(CC(=O)c2csc(I)c2)n(C)n1. The first kappa shape index (κ1) is 11.8. The Bertz CT molecular complexity index is 530. The largest absolute Gasteiger partial charge is 0.294 e. The molecule has 84 valence electrons. The molecule has 0 saturated carbocycles. The quantitative estimate of drug-likeness (QED) is 0.633. The molecule has 0 N–H and O–H groups in total. The van der Waals surface area contributed by atoms with Crippen LogP contribution >= 0.6 is 33.9 Å². The summed E-state index contributed by atoms with van der Waals surface area (Å²) in [6, 6.07) is 3.88. The molecule has 0 aliphatic rings. The van der Waals surface area contributed by atoms with Gasteiger partial charge in [0.2, 0.25) is 0 Å². The van der Waals surface area contributed by atoms with E-state index in [0.29, 0.717) is 6.42 Å². The average Bonchev–Trinajstić information content (AvgIpc) is 2.74. The van der Waals surface area contributed by atoms with E-state index in [9.17, 15) is 4.79 Å². The van der Waals surface area contributed by atoms with E-state index < -0.39 is 0 Å². The summed E-state index contributed by atoms with van der Waals surface area (Å²) in [5.41, 5.74) is 2.71. The first-order chi connectivity index (χ1) is 7.56. The smallest absolute Gasteiger partial charge is 0.169 e. The first-order valence-electron chi connectivity index (χ1n) is 4.83. The zero-order chi connectivity index (χ0) is 11.7. The van der Waals surface area contributed by atoms with E-state index in [1.807, 2.05) is 31.5 Å². The van der Waals surface area contributed by atoms with Crippen LogP contribution in [-0.4, -0.2) is 15.6 Å². The minimum Gasteiger partial charge on any atom is -0.294 e. The Morgan fingerprint density at radius 1 is 1.56 bits per heavy atom. The van der Waals surface area contributed by atoms with E-state index in [-0.39, 0.29) is 5.78 Å². The van der Waals surface area contributed by atoms with Crippen molar-refractivity contribution >= 4 is 39.7 Å². The highest BCUT2D eigenvalue weighted by Gasteiger charge is 2.11. The van der Waals surface area contributed by atoms with Crippen molar-refractivity contribution in [1.29, 1.82) is 0 Å². The predicted molar refractivity (Wildman–Crippen MR) is 73.0 cm³/mol. The Morgan fingerprint density at radius 3 is 2.81 bits per heavy atom. The molecule has 2 heterocycles. The number of ketones is 1. The number of hydrogen-bond acceptors (Lipinski definition) is 3. The second-order valence-electron chi connectivity index (χ2n) is 3.64. The van der Waals surface area contributed by atoms with Crippen LogP contribution in [0.1, 0.15) is 21.7 Å². The molecule has 0 unspecified atom stereocenters. The molecular formula is C11H11IN2OS. The van der Waals surface area contributed by atoms with Gasteiger partial charge < -0.3 is 0 Å². The van der Waals surface area contributed by atoms with E-state index in [4.69, 9.17) is 0 Å². The molecule has 2 aromatic heterocycles. The lowest BCUT2D eigenvalue weighted by Crippen LogP contribution is -2.06. The monoisotopic (exact) mass is 346 g/mol. The number of aromatic nitrogens is 2. The normalized spacial score (nSPS) is 10.7. The molecule has 0 bridgehead atoms. The highest BCUT2D eigenvalue weighted by Crippen LogP contribution is 2.18. The van der Waals surface area contributed by atoms with Crippen molar-refractivity contribution in [3.63, 3.8) is 0 Å². The maximum Gasteiger partial charge on any atom is 0.169 e. The number of nitrogens with zero attached hydrogens (tertiary/aromatic N) is 2. The number of hydrogen-bond donors (Lipinski definition) is 0. The maximum absolute atomic E-state index is 12.0. The number of aryl methyl sites for hydroxylation is 2. The molecule has 0 spiro atoms. The maximum atomic E-state index is 12.0. The standard InChI is InChI=1S/C11H11IN2OS/c1-7-3-9(14(2)13-7)5-10(15)8-4-11(12)16-6-8/h3-4,6H,5H2,1-2H3. The number of Topliss-reactive ketones (excluding diaryl/α,β-unsaturated/α-hetero) is 1. The summed E-state index contributed by atoms with van der Waals surface area (Å²) in [4.78, 5) is 12.0. The van der Waals surface area contributed by atoms with Gasteiger partial charge in [0.25, 0.3) is 0 Å². The second-order valence-corrected chi connectivity index (χ2v) is 6.45. The summed E-state index contributed by atoms with van der Waals surface area (Å²) >= 11 is 3.82. The Balaban J connectivity index is 2.16. The van der Waals surface area contributed by atoms with Gasteiger partial charge in [0.1, 0.15) is 0 Å². The van der Waals surface area contributed by atoms with Gasteiger partial charge in [0, 0.05) is 23.7 Å². The van der Waals surface area contributed by atoms with Crippen LogP contribution in [0.2, 0.25) is 0 Å². The summed E-state index contributed by atoms with van der Waals surface area (Å²) in [6.45, 7) is 1.93. The van der Waals surface area contributed by atoms with Crippen LogP contribution in [0.25, 0.3) is 0 Å². The fourth-order valence-corrected chi connectivity index (χ4v) is 2.90. The molecule has 2 rings (SSSR count). The number of rotatable bonds is 3. The minimum atomic E-state index is 0.155. The van der Waals surface area contributed by atoms with E-state index in [1.54, 1.807) is 16.0 Å². The van der Waals surface area contributed by atoms with Crippen LogP contribution in [0.5, 0.6) is 0 Å². The first-order valence-corrected chi connectivity index (χ1v) is 6.79. The third-order valence-electron chi connectivity index (χ3n) is 2.33. The van der Waals surface area contributed by atoms with Crippen molar-refractivity contribution in [3.05, 3.63) is 37.3 Å². The molecule has 0 atom stereocenters. The Morgan fingerprint density at radius 2 is 2.31 bits per heavy atom. The molecule has 0 aromatic carbocycles. The summed E-state index contributed by atoms with van der Waals surface area (Å²) in [5.74, 6) is 0.155. The topological polar surface area (TPSA) is 34.9 Å². The molecule has 0 fully saturated rings. The number of thiophene rings is 1.